The Bertz CT molecular complexity index is 494. The Morgan fingerprint density at radius 3 is 3.06 bits per heavy atom. The van der Waals surface area contributed by atoms with E-state index in [1.807, 2.05) is 24.6 Å². The van der Waals surface area contributed by atoms with Crippen LogP contribution in [0, 0.1) is 0 Å². The summed E-state index contributed by atoms with van der Waals surface area (Å²) in [4.78, 5) is 8.59. The number of hydrogen-bond donors (Lipinski definition) is 2. The summed E-state index contributed by atoms with van der Waals surface area (Å²) in [6.07, 6.45) is 4.80. The Morgan fingerprint density at radius 2 is 2.29 bits per heavy atom. The molecule has 0 amide bonds. The van der Waals surface area contributed by atoms with Gasteiger partial charge in [-0.05, 0) is 18.9 Å². The lowest BCUT2D eigenvalue weighted by atomic mass is 10.2. The highest BCUT2D eigenvalue weighted by molar-refractivity contribution is 5.85. The number of aliphatic hydroxyl groups is 1. The first-order chi connectivity index (χ1) is 8.22. The standard InChI is InChI=1S/C12H18N4O/c1-3-9(17)4-6-13-12-11-10(5-7-14-12)16(2)8-15-11/h5,7-9,17H,3-4,6H2,1-2H3,(H,13,14). The summed E-state index contributed by atoms with van der Waals surface area (Å²) in [6, 6.07) is 1.94. The van der Waals surface area contributed by atoms with Gasteiger partial charge in [0.05, 0.1) is 17.9 Å². The molecule has 0 fully saturated rings. The minimum absolute atomic E-state index is 0.245. The third-order valence-electron chi connectivity index (χ3n) is 2.88. The predicted octanol–water partition coefficient (Wildman–Crippen LogP) is 1.54. The Balaban J connectivity index is 2.08. The number of hydrogen-bond acceptors (Lipinski definition) is 4. The molecule has 92 valence electrons. The van der Waals surface area contributed by atoms with E-state index in [2.05, 4.69) is 15.3 Å². The summed E-state index contributed by atoms with van der Waals surface area (Å²) in [5, 5.41) is 12.7. The van der Waals surface area contributed by atoms with E-state index in [1.54, 1.807) is 12.5 Å². The van der Waals surface area contributed by atoms with Crippen LogP contribution >= 0.6 is 0 Å². The smallest absolute Gasteiger partial charge is 0.154 e. The number of aromatic nitrogens is 3. The van der Waals surface area contributed by atoms with Crippen molar-refractivity contribution in [1.82, 2.24) is 14.5 Å². The van der Waals surface area contributed by atoms with Crippen molar-refractivity contribution in [2.24, 2.45) is 7.05 Å². The third-order valence-corrected chi connectivity index (χ3v) is 2.88. The maximum atomic E-state index is 9.47. The topological polar surface area (TPSA) is 63.0 Å². The Morgan fingerprint density at radius 1 is 1.47 bits per heavy atom. The highest BCUT2D eigenvalue weighted by Crippen LogP contribution is 2.18. The lowest BCUT2D eigenvalue weighted by Crippen LogP contribution is -2.13. The highest BCUT2D eigenvalue weighted by atomic mass is 16.3. The summed E-state index contributed by atoms with van der Waals surface area (Å²) in [5.41, 5.74) is 1.93. The summed E-state index contributed by atoms with van der Waals surface area (Å²) in [5.74, 6) is 0.784. The molecule has 0 saturated heterocycles. The number of fused-ring (bicyclic) bond motifs is 1. The van der Waals surface area contributed by atoms with Gasteiger partial charge in [0, 0.05) is 19.8 Å². The van der Waals surface area contributed by atoms with Crippen LogP contribution in [-0.2, 0) is 7.05 Å². The molecule has 2 aromatic heterocycles. The minimum Gasteiger partial charge on any atom is -0.393 e. The first-order valence-corrected chi connectivity index (χ1v) is 5.90. The fourth-order valence-electron chi connectivity index (χ4n) is 1.75. The van der Waals surface area contributed by atoms with Crippen molar-refractivity contribution >= 4 is 16.9 Å². The normalized spacial score (nSPS) is 12.9. The lowest BCUT2D eigenvalue weighted by molar-refractivity contribution is 0.164. The molecular weight excluding hydrogens is 216 g/mol. The second-order valence-electron chi connectivity index (χ2n) is 4.16. The van der Waals surface area contributed by atoms with E-state index in [9.17, 15) is 5.11 Å². The van der Waals surface area contributed by atoms with Crippen molar-refractivity contribution in [3.8, 4) is 0 Å². The number of rotatable bonds is 5. The molecule has 1 atom stereocenters. The molecule has 0 aliphatic carbocycles. The van der Waals surface area contributed by atoms with Crippen molar-refractivity contribution in [2.45, 2.75) is 25.9 Å². The van der Waals surface area contributed by atoms with Gasteiger partial charge in [0.2, 0.25) is 0 Å². The number of imidazole rings is 1. The second-order valence-corrected chi connectivity index (χ2v) is 4.16. The summed E-state index contributed by atoms with van der Waals surface area (Å²) >= 11 is 0. The molecule has 1 unspecified atom stereocenters. The van der Waals surface area contributed by atoms with Crippen molar-refractivity contribution in [1.29, 1.82) is 0 Å². The summed E-state index contributed by atoms with van der Waals surface area (Å²) in [7, 11) is 1.96. The molecule has 17 heavy (non-hydrogen) atoms. The molecule has 2 aromatic rings. The molecule has 0 saturated carbocycles. The van der Waals surface area contributed by atoms with Crippen molar-refractivity contribution in [3.05, 3.63) is 18.6 Å². The number of nitrogens with one attached hydrogen (secondary N) is 1. The van der Waals surface area contributed by atoms with Gasteiger partial charge in [-0.2, -0.15) is 0 Å². The Kier molecular flexibility index (Phi) is 3.58. The fourth-order valence-corrected chi connectivity index (χ4v) is 1.75. The van der Waals surface area contributed by atoms with E-state index < -0.39 is 0 Å². The number of nitrogens with zero attached hydrogens (tertiary/aromatic N) is 3. The summed E-state index contributed by atoms with van der Waals surface area (Å²) in [6.45, 7) is 2.68. The van der Waals surface area contributed by atoms with Gasteiger partial charge in [-0.25, -0.2) is 9.97 Å². The molecule has 0 radical (unpaired) electrons. The van der Waals surface area contributed by atoms with Gasteiger partial charge in [0.25, 0.3) is 0 Å². The van der Waals surface area contributed by atoms with E-state index in [-0.39, 0.29) is 6.10 Å². The van der Waals surface area contributed by atoms with Crippen LogP contribution in [0.2, 0.25) is 0 Å². The molecule has 2 N–H and O–H groups in total. The Hall–Kier alpha value is -1.62. The van der Waals surface area contributed by atoms with Crippen LogP contribution in [0.25, 0.3) is 11.0 Å². The number of aryl methyl sites for hydroxylation is 1. The number of aliphatic hydroxyl groups excluding tert-OH is 1. The van der Waals surface area contributed by atoms with Gasteiger partial charge >= 0.3 is 0 Å². The van der Waals surface area contributed by atoms with Crippen LogP contribution in [0.3, 0.4) is 0 Å². The van der Waals surface area contributed by atoms with Gasteiger partial charge in [-0.1, -0.05) is 6.92 Å². The molecule has 0 bridgehead atoms. The van der Waals surface area contributed by atoms with Crippen LogP contribution < -0.4 is 5.32 Å². The first-order valence-electron chi connectivity index (χ1n) is 5.90. The molecule has 0 aromatic carbocycles. The van der Waals surface area contributed by atoms with E-state index in [1.165, 1.54) is 0 Å². The van der Waals surface area contributed by atoms with Crippen molar-refractivity contribution in [3.63, 3.8) is 0 Å². The lowest BCUT2D eigenvalue weighted by Gasteiger charge is -2.09. The maximum Gasteiger partial charge on any atom is 0.154 e. The number of anilines is 1. The largest absolute Gasteiger partial charge is 0.393 e. The molecule has 0 aliphatic heterocycles. The zero-order valence-electron chi connectivity index (χ0n) is 10.2. The maximum absolute atomic E-state index is 9.47. The fraction of sp³-hybridized carbons (Fsp3) is 0.500. The van der Waals surface area contributed by atoms with Crippen LogP contribution in [-0.4, -0.2) is 32.3 Å². The van der Waals surface area contributed by atoms with E-state index in [0.29, 0.717) is 6.54 Å². The van der Waals surface area contributed by atoms with E-state index in [0.717, 1.165) is 29.7 Å². The molecular formula is C12H18N4O. The average molecular weight is 234 g/mol. The van der Waals surface area contributed by atoms with Crippen LogP contribution in [0.4, 0.5) is 5.82 Å². The Labute approximate surface area is 101 Å². The molecule has 2 heterocycles. The second kappa shape index (κ2) is 5.14. The monoisotopic (exact) mass is 234 g/mol. The van der Waals surface area contributed by atoms with Gasteiger partial charge in [0.15, 0.2) is 5.82 Å². The zero-order valence-corrected chi connectivity index (χ0v) is 10.2. The molecule has 0 spiro atoms. The third kappa shape index (κ3) is 2.55. The average Bonchev–Trinajstić information content (AvgIpc) is 2.72. The first kappa shape index (κ1) is 11.9. The quantitative estimate of drug-likeness (QED) is 0.823. The van der Waals surface area contributed by atoms with Crippen molar-refractivity contribution in [2.75, 3.05) is 11.9 Å². The summed E-state index contributed by atoms with van der Waals surface area (Å²) < 4.78 is 1.96. The molecule has 5 heteroatoms. The SMILES string of the molecule is CCC(O)CCNc1nccc2c1ncn2C. The predicted molar refractivity (Wildman–Crippen MR) is 67.9 cm³/mol. The molecule has 2 rings (SSSR count). The van der Waals surface area contributed by atoms with Gasteiger partial charge in [0.1, 0.15) is 5.52 Å². The highest BCUT2D eigenvalue weighted by Gasteiger charge is 2.07. The van der Waals surface area contributed by atoms with Crippen LogP contribution in [0.15, 0.2) is 18.6 Å². The van der Waals surface area contributed by atoms with Gasteiger partial charge < -0.3 is 15.0 Å². The van der Waals surface area contributed by atoms with Crippen LogP contribution in [0.1, 0.15) is 19.8 Å². The van der Waals surface area contributed by atoms with Gasteiger partial charge in [-0.3, -0.25) is 0 Å². The molecule has 5 nitrogen and oxygen atoms in total. The van der Waals surface area contributed by atoms with Gasteiger partial charge in [-0.15, -0.1) is 0 Å². The van der Waals surface area contributed by atoms with E-state index >= 15 is 0 Å². The van der Waals surface area contributed by atoms with Crippen LogP contribution in [0.5, 0.6) is 0 Å². The molecule has 0 aliphatic rings. The zero-order chi connectivity index (χ0) is 12.3. The number of pyridine rings is 1. The van der Waals surface area contributed by atoms with E-state index in [4.69, 9.17) is 0 Å². The van der Waals surface area contributed by atoms with Crippen molar-refractivity contribution < 1.29 is 5.11 Å². The minimum atomic E-state index is -0.245.